The van der Waals surface area contributed by atoms with Crippen LogP contribution in [0.3, 0.4) is 0 Å². The maximum atomic E-state index is 12.6. The van der Waals surface area contributed by atoms with Gasteiger partial charge < -0.3 is 10.0 Å². The molecule has 0 aliphatic rings. The van der Waals surface area contributed by atoms with Crippen LogP contribution in [-0.4, -0.2) is 39.0 Å². The van der Waals surface area contributed by atoms with Crippen molar-refractivity contribution in [3.63, 3.8) is 0 Å². The predicted octanol–water partition coefficient (Wildman–Crippen LogP) is 3.01. The third kappa shape index (κ3) is 5.52. The van der Waals surface area contributed by atoms with E-state index in [0.29, 0.717) is 18.5 Å². The highest BCUT2D eigenvalue weighted by Crippen LogP contribution is 2.28. The molecule has 0 aromatic carbocycles. The van der Waals surface area contributed by atoms with Crippen LogP contribution >= 0.6 is 0 Å². The van der Waals surface area contributed by atoms with Crippen LogP contribution in [0.25, 0.3) is 0 Å². The maximum absolute atomic E-state index is 12.6. The fraction of sp³-hybridized carbons (Fsp3) is 0.389. The molecule has 0 saturated carbocycles. The molecule has 5 nitrogen and oxygen atoms in total. The summed E-state index contributed by atoms with van der Waals surface area (Å²) in [4.78, 5) is 21.6. The van der Waals surface area contributed by atoms with Gasteiger partial charge in [0.1, 0.15) is 0 Å². The van der Waals surface area contributed by atoms with Crippen molar-refractivity contribution in [2.75, 3.05) is 13.1 Å². The van der Waals surface area contributed by atoms with Crippen LogP contribution in [0.15, 0.2) is 42.9 Å². The van der Waals surface area contributed by atoms with Gasteiger partial charge in [0.25, 0.3) is 0 Å². The van der Waals surface area contributed by atoms with Crippen molar-refractivity contribution >= 4 is 5.91 Å². The van der Waals surface area contributed by atoms with E-state index >= 15 is 0 Å². The first-order chi connectivity index (χ1) is 12.3. The Morgan fingerprint density at radius 2 is 2.04 bits per heavy atom. The smallest absolute Gasteiger partial charge is 0.386 e. The minimum absolute atomic E-state index is 0.0823. The number of pyridine rings is 2. The van der Waals surface area contributed by atoms with Gasteiger partial charge in [-0.3, -0.25) is 14.8 Å². The van der Waals surface area contributed by atoms with Crippen molar-refractivity contribution in [1.82, 2.24) is 14.9 Å². The minimum atomic E-state index is -4.46. The SMILES string of the molecule is CCCN(CC(O)c1cccnc1)C(=O)Cc1ccc(C(F)(F)F)cn1. The Balaban J connectivity index is 2.03. The summed E-state index contributed by atoms with van der Waals surface area (Å²) in [5.41, 5.74) is -0.0138. The fourth-order valence-corrected chi connectivity index (χ4v) is 2.44. The molecule has 0 radical (unpaired) electrons. The molecule has 0 aliphatic heterocycles. The van der Waals surface area contributed by atoms with Gasteiger partial charge in [0.15, 0.2) is 0 Å². The highest BCUT2D eigenvalue weighted by molar-refractivity contribution is 5.78. The molecule has 2 aromatic heterocycles. The second-order valence-corrected chi connectivity index (χ2v) is 5.85. The van der Waals surface area contributed by atoms with Crippen molar-refractivity contribution in [2.24, 2.45) is 0 Å². The van der Waals surface area contributed by atoms with Crippen LogP contribution in [0.5, 0.6) is 0 Å². The number of halogens is 3. The van der Waals surface area contributed by atoms with Gasteiger partial charge in [-0.2, -0.15) is 13.2 Å². The van der Waals surface area contributed by atoms with Crippen LogP contribution in [-0.2, 0) is 17.4 Å². The molecule has 0 saturated heterocycles. The van der Waals surface area contributed by atoms with E-state index in [-0.39, 0.29) is 24.6 Å². The van der Waals surface area contributed by atoms with Crippen LogP contribution < -0.4 is 0 Å². The third-order valence-corrected chi connectivity index (χ3v) is 3.79. The van der Waals surface area contributed by atoms with Gasteiger partial charge in [0, 0.05) is 36.4 Å². The van der Waals surface area contributed by atoms with E-state index in [1.165, 1.54) is 17.2 Å². The van der Waals surface area contributed by atoms with E-state index in [1.54, 1.807) is 18.3 Å². The summed E-state index contributed by atoms with van der Waals surface area (Å²) >= 11 is 0. The van der Waals surface area contributed by atoms with Crippen LogP contribution in [0.1, 0.15) is 36.3 Å². The molecule has 1 amide bonds. The van der Waals surface area contributed by atoms with Crippen molar-refractivity contribution in [3.05, 3.63) is 59.7 Å². The van der Waals surface area contributed by atoms with E-state index in [4.69, 9.17) is 0 Å². The molecule has 1 N–H and O–H groups in total. The summed E-state index contributed by atoms with van der Waals surface area (Å²) < 4.78 is 37.7. The second kappa shape index (κ2) is 8.75. The van der Waals surface area contributed by atoms with Gasteiger partial charge in [-0.1, -0.05) is 13.0 Å². The summed E-state index contributed by atoms with van der Waals surface area (Å²) in [7, 11) is 0. The molecule has 0 spiro atoms. The first-order valence-corrected chi connectivity index (χ1v) is 8.19. The predicted molar refractivity (Wildman–Crippen MR) is 89.0 cm³/mol. The minimum Gasteiger partial charge on any atom is -0.386 e. The lowest BCUT2D eigenvalue weighted by atomic mass is 10.1. The average Bonchev–Trinajstić information content (AvgIpc) is 2.61. The lowest BCUT2D eigenvalue weighted by molar-refractivity contribution is -0.137. The molecule has 8 heteroatoms. The number of hydrogen-bond donors (Lipinski definition) is 1. The third-order valence-electron chi connectivity index (χ3n) is 3.79. The normalized spacial score (nSPS) is 12.7. The lowest BCUT2D eigenvalue weighted by Crippen LogP contribution is -2.36. The summed E-state index contributed by atoms with van der Waals surface area (Å²) in [6, 6.07) is 5.51. The number of rotatable bonds is 7. The topological polar surface area (TPSA) is 66.3 Å². The number of alkyl halides is 3. The van der Waals surface area contributed by atoms with E-state index < -0.39 is 17.8 Å². The molecule has 2 heterocycles. The van der Waals surface area contributed by atoms with E-state index in [2.05, 4.69) is 9.97 Å². The Bertz CT molecular complexity index is 706. The zero-order valence-electron chi connectivity index (χ0n) is 14.3. The van der Waals surface area contributed by atoms with Gasteiger partial charge in [-0.15, -0.1) is 0 Å². The van der Waals surface area contributed by atoms with E-state index in [1.807, 2.05) is 6.92 Å². The molecule has 140 valence electrons. The number of aliphatic hydroxyl groups excluding tert-OH is 1. The number of carbonyl (C=O) groups excluding carboxylic acids is 1. The molecule has 26 heavy (non-hydrogen) atoms. The molecule has 0 bridgehead atoms. The summed E-state index contributed by atoms with van der Waals surface area (Å²) in [6.07, 6.45) is -0.962. The molecule has 2 rings (SSSR count). The highest BCUT2D eigenvalue weighted by Gasteiger charge is 2.30. The Morgan fingerprint density at radius 3 is 2.58 bits per heavy atom. The van der Waals surface area contributed by atoms with Gasteiger partial charge in [-0.25, -0.2) is 0 Å². The van der Waals surface area contributed by atoms with E-state index in [9.17, 15) is 23.1 Å². The van der Waals surface area contributed by atoms with Crippen molar-refractivity contribution in [2.45, 2.75) is 32.0 Å². The van der Waals surface area contributed by atoms with Crippen molar-refractivity contribution < 1.29 is 23.1 Å². The molecule has 2 aromatic rings. The van der Waals surface area contributed by atoms with Gasteiger partial charge >= 0.3 is 6.18 Å². The number of aliphatic hydroxyl groups is 1. The fourth-order valence-electron chi connectivity index (χ4n) is 2.44. The number of amides is 1. The van der Waals surface area contributed by atoms with Crippen molar-refractivity contribution in [3.8, 4) is 0 Å². The number of carbonyl (C=O) groups is 1. The Morgan fingerprint density at radius 1 is 1.27 bits per heavy atom. The summed E-state index contributed by atoms with van der Waals surface area (Å²) in [6.45, 7) is 2.41. The monoisotopic (exact) mass is 367 g/mol. The quantitative estimate of drug-likeness (QED) is 0.817. The Labute approximate surface area is 149 Å². The van der Waals surface area contributed by atoms with Crippen LogP contribution in [0.4, 0.5) is 13.2 Å². The Hall–Kier alpha value is -2.48. The second-order valence-electron chi connectivity index (χ2n) is 5.85. The van der Waals surface area contributed by atoms with Gasteiger partial charge in [-0.05, 0) is 24.6 Å². The maximum Gasteiger partial charge on any atom is 0.417 e. The zero-order valence-corrected chi connectivity index (χ0v) is 14.3. The zero-order chi connectivity index (χ0) is 19.2. The van der Waals surface area contributed by atoms with Crippen LogP contribution in [0, 0.1) is 0 Å². The number of hydrogen-bond acceptors (Lipinski definition) is 4. The Kier molecular flexibility index (Phi) is 6.68. The molecule has 0 fully saturated rings. The molecule has 1 unspecified atom stereocenters. The average molecular weight is 367 g/mol. The number of nitrogens with zero attached hydrogens (tertiary/aromatic N) is 3. The molecule has 0 aliphatic carbocycles. The van der Waals surface area contributed by atoms with Crippen molar-refractivity contribution in [1.29, 1.82) is 0 Å². The van der Waals surface area contributed by atoms with E-state index in [0.717, 1.165) is 12.3 Å². The molecular formula is C18H20F3N3O2. The summed E-state index contributed by atoms with van der Waals surface area (Å²) in [5, 5.41) is 10.3. The largest absolute Gasteiger partial charge is 0.417 e. The first kappa shape index (κ1) is 19.8. The highest BCUT2D eigenvalue weighted by atomic mass is 19.4. The van der Waals surface area contributed by atoms with Crippen LogP contribution in [0.2, 0.25) is 0 Å². The standard InChI is InChI=1S/C18H20F3N3O2/c1-2-8-24(12-16(25)13-4-3-7-22-10-13)17(26)9-15-6-5-14(11-23-15)18(19,20)21/h3-7,10-11,16,25H,2,8-9,12H2,1H3. The lowest BCUT2D eigenvalue weighted by Gasteiger charge is -2.25. The van der Waals surface area contributed by atoms with Gasteiger partial charge in [0.2, 0.25) is 5.91 Å². The summed E-state index contributed by atoms with van der Waals surface area (Å²) in [5.74, 6) is -0.304. The first-order valence-electron chi connectivity index (χ1n) is 8.19. The van der Waals surface area contributed by atoms with Gasteiger partial charge in [0.05, 0.1) is 24.6 Å². The molecular weight excluding hydrogens is 347 g/mol. The number of aromatic nitrogens is 2. The molecule has 1 atom stereocenters.